The molecule has 8 nitrogen and oxygen atoms in total. The molecule has 0 aromatic heterocycles. The van der Waals surface area contributed by atoms with Crippen molar-refractivity contribution in [2.45, 2.75) is 6.92 Å². The Morgan fingerprint density at radius 3 is 2.77 bits per heavy atom. The third kappa shape index (κ3) is 4.58. The summed E-state index contributed by atoms with van der Waals surface area (Å²) in [7, 11) is 0. The summed E-state index contributed by atoms with van der Waals surface area (Å²) in [5, 5.41) is 24.6. The zero-order chi connectivity index (χ0) is 19.3. The molecule has 10 heteroatoms. The van der Waals surface area contributed by atoms with Crippen LogP contribution in [0, 0.1) is 10.1 Å². The molecule has 0 fully saturated rings. The minimum Gasteiger partial charge on any atom is -0.503 e. The first-order valence-electron chi connectivity index (χ1n) is 7.26. The van der Waals surface area contributed by atoms with Gasteiger partial charge in [0.1, 0.15) is 0 Å². The fraction of sp³-hybridized carbons (Fsp3) is 0.125. The molecule has 0 heterocycles. The van der Waals surface area contributed by atoms with Gasteiger partial charge in [0.25, 0.3) is 11.6 Å². The number of hydrazone groups is 1. The number of halogens is 2. The van der Waals surface area contributed by atoms with Crippen molar-refractivity contribution in [1.82, 2.24) is 5.43 Å². The van der Waals surface area contributed by atoms with E-state index < -0.39 is 10.8 Å². The minimum absolute atomic E-state index is 0.0588. The van der Waals surface area contributed by atoms with Crippen LogP contribution in [0.25, 0.3) is 0 Å². The van der Waals surface area contributed by atoms with Crippen LogP contribution >= 0.6 is 31.9 Å². The lowest BCUT2D eigenvalue weighted by Gasteiger charge is -2.10. The van der Waals surface area contributed by atoms with Crippen LogP contribution in [0.1, 0.15) is 22.8 Å². The lowest BCUT2D eigenvalue weighted by molar-refractivity contribution is -0.384. The number of nitro groups is 1. The summed E-state index contributed by atoms with van der Waals surface area (Å²) in [6, 6.07) is 6.86. The van der Waals surface area contributed by atoms with E-state index in [0.29, 0.717) is 21.1 Å². The van der Waals surface area contributed by atoms with Crippen LogP contribution in [0.4, 0.5) is 5.69 Å². The van der Waals surface area contributed by atoms with Gasteiger partial charge in [-0.15, -0.1) is 0 Å². The summed E-state index contributed by atoms with van der Waals surface area (Å²) < 4.78 is 6.24. The Hall–Kier alpha value is -2.46. The number of aromatic hydroxyl groups is 1. The number of rotatable bonds is 6. The second-order valence-corrected chi connectivity index (χ2v) is 6.47. The number of nitrogens with one attached hydrogen (secondary N) is 1. The molecule has 0 aliphatic carbocycles. The summed E-state index contributed by atoms with van der Waals surface area (Å²) in [6.07, 6.45) is 1.35. The molecular weight excluding hydrogens is 474 g/mol. The van der Waals surface area contributed by atoms with Gasteiger partial charge in [-0.3, -0.25) is 14.9 Å². The number of phenolic OH excluding ortho intramolecular Hbond substituents is 1. The predicted molar refractivity (Wildman–Crippen MR) is 103 cm³/mol. The van der Waals surface area contributed by atoms with Gasteiger partial charge in [0, 0.05) is 27.7 Å². The van der Waals surface area contributed by atoms with Crippen LogP contribution in [-0.2, 0) is 0 Å². The van der Waals surface area contributed by atoms with Crippen molar-refractivity contribution in [3.05, 3.63) is 60.5 Å². The molecule has 0 saturated carbocycles. The molecule has 136 valence electrons. The van der Waals surface area contributed by atoms with E-state index in [9.17, 15) is 20.0 Å². The smallest absolute Gasteiger partial charge is 0.271 e. The first-order chi connectivity index (χ1) is 12.3. The van der Waals surface area contributed by atoms with Gasteiger partial charge < -0.3 is 9.84 Å². The molecule has 0 saturated heterocycles. The summed E-state index contributed by atoms with van der Waals surface area (Å²) in [4.78, 5) is 22.2. The highest BCUT2D eigenvalue weighted by Crippen LogP contribution is 2.41. The largest absolute Gasteiger partial charge is 0.503 e. The topological polar surface area (TPSA) is 114 Å². The van der Waals surface area contributed by atoms with Gasteiger partial charge in [-0.05, 0) is 50.9 Å². The number of hydrogen-bond donors (Lipinski definition) is 2. The fourth-order valence-corrected chi connectivity index (χ4v) is 2.79. The Balaban J connectivity index is 2.19. The molecule has 0 spiro atoms. The first-order valence-corrected chi connectivity index (χ1v) is 8.85. The van der Waals surface area contributed by atoms with Crippen LogP contribution < -0.4 is 10.2 Å². The maximum absolute atomic E-state index is 12.1. The SMILES string of the molecule is CCOc1cc(/C=N/NC(=O)c2cccc([N+](=O)[O-])c2)c(Br)c(Br)c1O. The normalized spacial score (nSPS) is 10.7. The average molecular weight is 487 g/mol. The summed E-state index contributed by atoms with van der Waals surface area (Å²) in [5.41, 5.74) is 2.76. The number of nitrogens with zero attached hydrogens (tertiary/aromatic N) is 2. The lowest BCUT2D eigenvalue weighted by atomic mass is 10.2. The van der Waals surface area contributed by atoms with E-state index in [-0.39, 0.29) is 22.7 Å². The maximum Gasteiger partial charge on any atom is 0.271 e. The zero-order valence-corrected chi connectivity index (χ0v) is 16.6. The molecule has 0 atom stereocenters. The molecular formula is C16H13Br2N3O5. The minimum atomic E-state index is -0.594. The van der Waals surface area contributed by atoms with Gasteiger partial charge >= 0.3 is 0 Å². The summed E-state index contributed by atoms with van der Waals surface area (Å²) in [6.45, 7) is 2.14. The van der Waals surface area contributed by atoms with E-state index in [0.717, 1.165) is 6.07 Å². The van der Waals surface area contributed by atoms with Crippen molar-refractivity contribution in [1.29, 1.82) is 0 Å². The number of benzene rings is 2. The molecule has 0 unspecified atom stereocenters. The van der Waals surface area contributed by atoms with Gasteiger partial charge in [-0.2, -0.15) is 5.10 Å². The highest BCUT2D eigenvalue weighted by atomic mass is 79.9. The van der Waals surface area contributed by atoms with Gasteiger partial charge in [0.2, 0.25) is 0 Å². The average Bonchev–Trinajstić information content (AvgIpc) is 2.63. The van der Waals surface area contributed by atoms with Crippen molar-refractivity contribution >= 4 is 49.7 Å². The Kier molecular flexibility index (Phi) is 6.70. The molecule has 0 aliphatic rings. The van der Waals surface area contributed by atoms with Crippen LogP contribution in [0.15, 0.2) is 44.4 Å². The molecule has 0 aliphatic heterocycles. The van der Waals surface area contributed by atoms with E-state index in [1.165, 1.54) is 24.4 Å². The van der Waals surface area contributed by atoms with Crippen LogP contribution in [0.2, 0.25) is 0 Å². The van der Waals surface area contributed by atoms with Crippen LogP contribution in [0.5, 0.6) is 11.5 Å². The Morgan fingerprint density at radius 1 is 1.38 bits per heavy atom. The van der Waals surface area contributed by atoms with E-state index in [1.54, 1.807) is 13.0 Å². The van der Waals surface area contributed by atoms with Gasteiger partial charge in [0.05, 0.1) is 22.2 Å². The number of phenols is 1. The second-order valence-electron chi connectivity index (χ2n) is 4.88. The predicted octanol–water partition coefficient (Wildman–Crippen LogP) is 3.99. The zero-order valence-electron chi connectivity index (χ0n) is 13.4. The van der Waals surface area contributed by atoms with Gasteiger partial charge in [0.15, 0.2) is 11.5 Å². The highest BCUT2D eigenvalue weighted by Gasteiger charge is 2.15. The van der Waals surface area contributed by atoms with Crippen molar-refractivity contribution in [2.75, 3.05) is 6.61 Å². The third-order valence-electron chi connectivity index (χ3n) is 3.16. The Bertz CT molecular complexity index is 886. The fourth-order valence-electron chi connectivity index (χ4n) is 1.96. The molecule has 2 aromatic carbocycles. The van der Waals surface area contributed by atoms with Gasteiger partial charge in [-0.1, -0.05) is 6.07 Å². The second kappa shape index (κ2) is 8.77. The van der Waals surface area contributed by atoms with E-state index in [2.05, 4.69) is 42.4 Å². The number of ether oxygens (including phenoxy) is 1. The number of amides is 1. The molecule has 2 aromatic rings. The van der Waals surface area contributed by atoms with Crippen molar-refractivity contribution in [3.63, 3.8) is 0 Å². The van der Waals surface area contributed by atoms with Crippen molar-refractivity contribution in [3.8, 4) is 11.5 Å². The summed E-state index contributed by atoms with van der Waals surface area (Å²) >= 11 is 6.55. The van der Waals surface area contributed by atoms with E-state index in [1.807, 2.05) is 0 Å². The number of nitro benzene ring substituents is 1. The number of non-ortho nitro benzene ring substituents is 1. The maximum atomic E-state index is 12.1. The number of carbonyl (C=O) groups is 1. The standard InChI is InChI=1S/C16H13Br2N3O5/c1-2-26-12-7-10(13(17)14(18)15(12)22)8-19-20-16(23)9-4-3-5-11(6-9)21(24)25/h3-8,22H,2H2,1H3,(H,20,23)/b19-8+. The van der Waals surface area contributed by atoms with E-state index in [4.69, 9.17) is 4.74 Å². The highest BCUT2D eigenvalue weighted by molar-refractivity contribution is 9.13. The third-order valence-corrected chi connectivity index (χ3v) is 5.32. The monoisotopic (exact) mass is 485 g/mol. The Morgan fingerprint density at radius 2 is 2.12 bits per heavy atom. The quantitative estimate of drug-likeness (QED) is 0.364. The van der Waals surface area contributed by atoms with Crippen LogP contribution in [0.3, 0.4) is 0 Å². The first kappa shape index (κ1) is 19.9. The molecule has 0 radical (unpaired) electrons. The molecule has 26 heavy (non-hydrogen) atoms. The number of hydrogen-bond acceptors (Lipinski definition) is 6. The molecule has 1 amide bonds. The summed E-state index contributed by atoms with van der Waals surface area (Å²) in [5.74, 6) is -0.394. The Labute approximate surface area is 165 Å². The van der Waals surface area contributed by atoms with Crippen molar-refractivity contribution in [2.24, 2.45) is 5.10 Å². The van der Waals surface area contributed by atoms with E-state index >= 15 is 0 Å². The molecule has 2 N–H and O–H groups in total. The number of carbonyl (C=O) groups excluding carboxylic acids is 1. The lowest BCUT2D eigenvalue weighted by Crippen LogP contribution is -2.17. The molecule has 0 bridgehead atoms. The van der Waals surface area contributed by atoms with Crippen LogP contribution in [-0.4, -0.2) is 28.8 Å². The molecule has 2 rings (SSSR count). The van der Waals surface area contributed by atoms with Gasteiger partial charge in [-0.25, -0.2) is 5.43 Å². The van der Waals surface area contributed by atoms with Crippen molar-refractivity contribution < 1.29 is 19.6 Å².